The highest BCUT2D eigenvalue weighted by atomic mass is 32.1. The predicted molar refractivity (Wildman–Crippen MR) is 77.8 cm³/mol. The van der Waals surface area contributed by atoms with Gasteiger partial charge in [0, 0.05) is 10.6 Å². The van der Waals surface area contributed by atoms with Gasteiger partial charge in [-0.15, -0.1) is 12.6 Å². The molecule has 0 heterocycles. The van der Waals surface area contributed by atoms with E-state index in [1.165, 1.54) is 6.07 Å². The summed E-state index contributed by atoms with van der Waals surface area (Å²) in [5.41, 5.74) is 0.180. The molecule has 0 unspecified atom stereocenters. The number of benzene rings is 2. The van der Waals surface area contributed by atoms with E-state index in [0.29, 0.717) is 16.0 Å². The Morgan fingerprint density at radius 1 is 1.14 bits per heavy atom. The van der Waals surface area contributed by atoms with Gasteiger partial charge in [-0.25, -0.2) is 0 Å². The largest absolute Gasteiger partial charge is 0.416 e. The number of halogens is 3. The van der Waals surface area contributed by atoms with E-state index >= 15 is 0 Å². The maximum absolute atomic E-state index is 12.7. The summed E-state index contributed by atoms with van der Waals surface area (Å²) in [7, 11) is 0. The molecule has 0 radical (unpaired) electrons. The molecule has 0 aliphatic carbocycles. The van der Waals surface area contributed by atoms with E-state index in [9.17, 15) is 18.0 Å². The monoisotopic (exact) mass is 311 g/mol. The van der Waals surface area contributed by atoms with E-state index in [4.69, 9.17) is 0 Å². The van der Waals surface area contributed by atoms with Gasteiger partial charge in [-0.3, -0.25) is 4.79 Å². The van der Waals surface area contributed by atoms with Crippen LogP contribution in [0.5, 0.6) is 0 Å². The third-order valence-corrected chi connectivity index (χ3v) is 3.35. The topological polar surface area (TPSA) is 29.1 Å². The van der Waals surface area contributed by atoms with Crippen LogP contribution in [0.1, 0.15) is 21.5 Å². The Kier molecular flexibility index (Phi) is 4.27. The van der Waals surface area contributed by atoms with Gasteiger partial charge in [0.2, 0.25) is 0 Å². The maximum atomic E-state index is 12.7. The summed E-state index contributed by atoms with van der Waals surface area (Å²) < 4.78 is 38.1. The first-order valence-electron chi connectivity index (χ1n) is 6.06. The Balaban J connectivity index is 2.31. The first kappa shape index (κ1) is 15.4. The molecule has 6 heteroatoms. The fraction of sp³-hybridized carbons (Fsp3) is 0.133. The normalized spacial score (nSPS) is 11.3. The second-order valence-electron chi connectivity index (χ2n) is 4.50. The first-order valence-corrected chi connectivity index (χ1v) is 6.51. The number of nitrogens with one attached hydrogen (secondary N) is 1. The fourth-order valence-electron chi connectivity index (χ4n) is 1.79. The van der Waals surface area contributed by atoms with Gasteiger partial charge in [-0.1, -0.05) is 18.2 Å². The molecule has 0 fully saturated rings. The Bertz CT molecular complexity index is 683. The highest BCUT2D eigenvalue weighted by molar-refractivity contribution is 7.80. The lowest BCUT2D eigenvalue weighted by Crippen LogP contribution is -2.14. The van der Waals surface area contributed by atoms with E-state index in [-0.39, 0.29) is 5.69 Å². The number of thiol groups is 1. The molecule has 2 nitrogen and oxygen atoms in total. The number of hydrogen-bond acceptors (Lipinski definition) is 2. The molecule has 2 aromatic rings. The van der Waals surface area contributed by atoms with Crippen LogP contribution >= 0.6 is 12.6 Å². The number of carbonyl (C=O) groups excluding carboxylic acids is 1. The molecule has 0 saturated carbocycles. The van der Waals surface area contributed by atoms with Crippen LogP contribution in [0.15, 0.2) is 47.4 Å². The molecule has 2 rings (SSSR count). The first-order chi connectivity index (χ1) is 9.79. The minimum atomic E-state index is -4.45. The van der Waals surface area contributed by atoms with Crippen LogP contribution < -0.4 is 5.32 Å². The summed E-state index contributed by atoms with van der Waals surface area (Å²) in [5, 5.41) is 2.49. The van der Waals surface area contributed by atoms with Gasteiger partial charge < -0.3 is 5.32 Å². The predicted octanol–water partition coefficient (Wildman–Crippen LogP) is 4.55. The number of amides is 1. The number of rotatable bonds is 2. The van der Waals surface area contributed by atoms with E-state index in [2.05, 4.69) is 17.9 Å². The molecule has 110 valence electrons. The zero-order chi connectivity index (χ0) is 15.6. The molecule has 0 aliphatic rings. The fourth-order valence-corrected chi connectivity index (χ4v) is 2.05. The van der Waals surface area contributed by atoms with Crippen LogP contribution in [0.25, 0.3) is 0 Å². The zero-order valence-corrected chi connectivity index (χ0v) is 11.9. The second-order valence-corrected chi connectivity index (χ2v) is 4.98. The summed E-state index contributed by atoms with van der Waals surface area (Å²) in [4.78, 5) is 12.6. The summed E-state index contributed by atoms with van der Waals surface area (Å²) in [6.07, 6.45) is -4.45. The Morgan fingerprint density at radius 2 is 1.81 bits per heavy atom. The second kappa shape index (κ2) is 5.81. The number of carbonyl (C=O) groups is 1. The van der Waals surface area contributed by atoms with E-state index in [1.54, 1.807) is 31.2 Å². The molecule has 0 saturated heterocycles. The summed E-state index contributed by atoms with van der Waals surface area (Å²) in [5.74, 6) is -0.497. The van der Waals surface area contributed by atoms with Crippen LogP contribution in [0.4, 0.5) is 18.9 Å². The minimum Gasteiger partial charge on any atom is -0.322 e. The van der Waals surface area contributed by atoms with Gasteiger partial charge >= 0.3 is 6.18 Å². The Morgan fingerprint density at radius 3 is 2.43 bits per heavy atom. The highest BCUT2D eigenvalue weighted by Gasteiger charge is 2.31. The average Bonchev–Trinajstić information content (AvgIpc) is 2.40. The number of aryl methyl sites for hydroxylation is 1. The molecule has 21 heavy (non-hydrogen) atoms. The molecule has 2 aromatic carbocycles. The average molecular weight is 311 g/mol. The quantitative estimate of drug-likeness (QED) is 0.783. The Labute approximate surface area is 125 Å². The van der Waals surface area contributed by atoms with Crippen LogP contribution in [0.3, 0.4) is 0 Å². The molecule has 0 spiro atoms. The van der Waals surface area contributed by atoms with Crippen molar-refractivity contribution in [1.29, 1.82) is 0 Å². The lowest BCUT2D eigenvalue weighted by Gasteiger charge is -2.13. The van der Waals surface area contributed by atoms with Crippen LogP contribution in [0.2, 0.25) is 0 Å². The van der Waals surface area contributed by atoms with Crippen molar-refractivity contribution in [1.82, 2.24) is 0 Å². The summed E-state index contributed by atoms with van der Waals surface area (Å²) in [6.45, 7) is 1.63. The van der Waals surface area contributed by atoms with E-state index < -0.39 is 17.6 Å². The lowest BCUT2D eigenvalue weighted by atomic mass is 10.1. The van der Waals surface area contributed by atoms with Crippen molar-refractivity contribution in [3.05, 3.63) is 59.2 Å². The Hall–Kier alpha value is -1.95. The van der Waals surface area contributed by atoms with E-state index in [0.717, 1.165) is 12.1 Å². The van der Waals surface area contributed by atoms with Gasteiger partial charge in [0.05, 0.1) is 11.1 Å². The van der Waals surface area contributed by atoms with Crippen LogP contribution in [0, 0.1) is 6.92 Å². The molecule has 0 bridgehead atoms. The van der Waals surface area contributed by atoms with Gasteiger partial charge in [0.1, 0.15) is 0 Å². The SMILES string of the molecule is Cc1ccc(C(F)(F)F)cc1NC(=O)c1ccccc1S. The summed E-state index contributed by atoms with van der Waals surface area (Å²) >= 11 is 4.15. The van der Waals surface area contributed by atoms with Crippen LogP contribution in [-0.4, -0.2) is 5.91 Å². The lowest BCUT2D eigenvalue weighted by molar-refractivity contribution is -0.137. The van der Waals surface area contributed by atoms with Crippen molar-refractivity contribution in [3.8, 4) is 0 Å². The third-order valence-electron chi connectivity index (χ3n) is 2.96. The van der Waals surface area contributed by atoms with Gasteiger partial charge in [0.25, 0.3) is 5.91 Å². The number of hydrogen-bond donors (Lipinski definition) is 2. The van der Waals surface area contributed by atoms with Gasteiger partial charge in [0.15, 0.2) is 0 Å². The zero-order valence-electron chi connectivity index (χ0n) is 11.0. The van der Waals surface area contributed by atoms with Crippen molar-refractivity contribution in [2.45, 2.75) is 18.0 Å². The number of alkyl halides is 3. The highest BCUT2D eigenvalue weighted by Crippen LogP contribution is 2.32. The van der Waals surface area contributed by atoms with Crippen molar-refractivity contribution in [2.75, 3.05) is 5.32 Å². The molecule has 0 aliphatic heterocycles. The molecule has 1 N–H and O–H groups in total. The standard InChI is InChI=1S/C15H12F3NOS/c1-9-6-7-10(15(16,17)18)8-12(9)19-14(20)11-4-2-3-5-13(11)21/h2-8,21H,1H3,(H,19,20). The molecule has 0 atom stereocenters. The maximum Gasteiger partial charge on any atom is 0.416 e. The van der Waals surface area contributed by atoms with Crippen LogP contribution in [-0.2, 0) is 6.18 Å². The van der Waals surface area contributed by atoms with E-state index in [1.807, 2.05) is 0 Å². The molecule has 1 amide bonds. The molecular weight excluding hydrogens is 299 g/mol. The minimum absolute atomic E-state index is 0.131. The van der Waals surface area contributed by atoms with Gasteiger partial charge in [-0.05, 0) is 36.8 Å². The van der Waals surface area contributed by atoms with Crippen molar-refractivity contribution < 1.29 is 18.0 Å². The van der Waals surface area contributed by atoms with Crippen molar-refractivity contribution >= 4 is 24.2 Å². The van der Waals surface area contributed by atoms with Gasteiger partial charge in [-0.2, -0.15) is 13.2 Å². The molecular formula is C15H12F3NOS. The number of anilines is 1. The van der Waals surface area contributed by atoms with Crippen molar-refractivity contribution in [2.24, 2.45) is 0 Å². The summed E-state index contributed by atoms with van der Waals surface area (Å²) in [6, 6.07) is 9.80. The molecule has 0 aromatic heterocycles. The van der Waals surface area contributed by atoms with Crippen molar-refractivity contribution in [3.63, 3.8) is 0 Å². The smallest absolute Gasteiger partial charge is 0.322 e. The third kappa shape index (κ3) is 3.58.